The van der Waals surface area contributed by atoms with Crippen molar-refractivity contribution in [1.82, 2.24) is 5.32 Å². The first-order valence-corrected chi connectivity index (χ1v) is 4.80. The van der Waals surface area contributed by atoms with Crippen LogP contribution in [0.4, 0.5) is 8.78 Å². The lowest BCUT2D eigenvalue weighted by atomic mass is 10.1. The van der Waals surface area contributed by atoms with E-state index in [0.29, 0.717) is 0 Å². The fourth-order valence-corrected chi connectivity index (χ4v) is 1.73. The van der Waals surface area contributed by atoms with Crippen LogP contribution in [0.2, 0.25) is 0 Å². The third-order valence-corrected chi connectivity index (χ3v) is 2.55. The molecule has 1 saturated carbocycles. The van der Waals surface area contributed by atoms with Gasteiger partial charge >= 0.3 is 0 Å². The highest BCUT2D eigenvalue weighted by Gasteiger charge is 2.39. The van der Waals surface area contributed by atoms with Crippen molar-refractivity contribution >= 4 is 5.91 Å². The van der Waals surface area contributed by atoms with Gasteiger partial charge in [-0.15, -0.1) is 0 Å². The molecule has 0 bridgehead atoms. The topological polar surface area (TPSA) is 29.1 Å². The average molecular weight is 211 g/mol. The normalized spacial score (nSPS) is 23.7. The van der Waals surface area contributed by atoms with Crippen LogP contribution in [0.3, 0.4) is 0 Å². The lowest BCUT2D eigenvalue weighted by Gasteiger charge is -2.02. The molecule has 2 nitrogen and oxygen atoms in total. The van der Waals surface area contributed by atoms with Gasteiger partial charge in [-0.05, 0) is 24.1 Å². The minimum Gasteiger partial charge on any atom is -0.353 e. The molecule has 4 heteroatoms. The minimum atomic E-state index is -0.838. The lowest BCUT2D eigenvalue weighted by Crippen LogP contribution is -2.23. The van der Waals surface area contributed by atoms with E-state index in [1.807, 2.05) is 0 Å². The van der Waals surface area contributed by atoms with Crippen LogP contribution in [-0.4, -0.2) is 11.9 Å². The number of carbonyl (C=O) groups is 1. The zero-order valence-electron chi connectivity index (χ0n) is 8.26. The van der Waals surface area contributed by atoms with Gasteiger partial charge in [0.1, 0.15) is 0 Å². The standard InChI is InChI=1S/C11H11F2NO/c1-6(15)14-11-5-8(11)7-2-3-9(12)10(13)4-7/h2-4,8,11H,5H2,1H3,(H,14,15). The Balaban J connectivity index is 2.07. The van der Waals surface area contributed by atoms with Gasteiger partial charge in [-0.3, -0.25) is 4.79 Å². The molecule has 0 aliphatic heterocycles. The molecule has 1 amide bonds. The van der Waals surface area contributed by atoms with Crippen LogP contribution in [-0.2, 0) is 4.79 Å². The predicted molar refractivity (Wildman–Crippen MR) is 51.3 cm³/mol. The Morgan fingerprint density at radius 1 is 1.40 bits per heavy atom. The van der Waals surface area contributed by atoms with Crippen LogP contribution in [0.25, 0.3) is 0 Å². The van der Waals surface area contributed by atoms with Gasteiger partial charge in [-0.2, -0.15) is 0 Å². The summed E-state index contributed by atoms with van der Waals surface area (Å²) >= 11 is 0. The molecular weight excluding hydrogens is 200 g/mol. The van der Waals surface area contributed by atoms with Crippen molar-refractivity contribution in [1.29, 1.82) is 0 Å². The summed E-state index contributed by atoms with van der Waals surface area (Å²) < 4.78 is 25.5. The maximum absolute atomic E-state index is 12.9. The molecule has 80 valence electrons. The average Bonchev–Trinajstić information content (AvgIpc) is 2.88. The molecular formula is C11H11F2NO. The van der Waals surface area contributed by atoms with Crippen molar-refractivity contribution in [3.63, 3.8) is 0 Å². The number of amides is 1. The fourth-order valence-electron chi connectivity index (χ4n) is 1.73. The van der Waals surface area contributed by atoms with Crippen LogP contribution >= 0.6 is 0 Å². The molecule has 1 aliphatic carbocycles. The summed E-state index contributed by atoms with van der Waals surface area (Å²) in [6, 6.07) is 3.95. The predicted octanol–water partition coefficient (Wildman–Crippen LogP) is 1.96. The number of nitrogens with one attached hydrogen (secondary N) is 1. The van der Waals surface area contributed by atoms with Gasteiger partial charge in [0, 0.05) is 18.9 Å². The molecule has 1 aromatic carbocycles. The minimum absolute atomic E-state index is 0.0763. The molecule has 0 spiro atoms. The number of hydrogen-bond acceptors (Lipinski definition) is 1. The van der Waals surface area contributed by atoms with Crippen LogP contribution in [0.1, 0.15) is 24.8 Å². The molecule has 1 fully saturated rings. The van der Waals surface area contributed by atoms with Crippen molar-refractivity contribution in [3.05, 3.63) is 35.4 Å². The molecule has 0 radical (unpaired) electrons. The van der Waals surface area contributed by atoms with Gasteiger partial charge in [0.2, 0.25) is 5.91 Å². The highest BCUT2D eigenvalue weighted by molar-refractivity contribution is 5.73. The molecule has 0 aromatic heterocycles. The summed E-state index contributed by atoms with van der Waals surface area (Å²) in [5.41, 5.74) is 0.743. The Morgan fingerprint density at radius 2 is 2.13 bits per heavy atom. The van der Waals surface area contributed by atoms with Crippen molar-refractivity contribution < 1.29 is 13.6 Å². The summed E-state index contributed by atoms with van der Waals surface area (Å²) in [4.78, 5) is 10.7. The van der Waals surface area contributed by atoms with Crippen LogP contribution in [0.15, 0.2) is 18.2 Å². The molecule has 2 rings (SSSR count). The quantitative estimate of drug-likeness (QED) is 0.796. The summed E-state index contributed by atoms with van der Waals surface area (Å²) in [5.74, 6) is -1.63. The van der Waals surface area contributed by atoms with Gasteiger partial charge in [0.15, 0.2) is 11.6 Å². The van der Waals surface area contributed by atoms with Gasteiger partial charge in [-0.25, -0.2) is 8.78 Å². The monoisotopic (exact) mass is 211 g/mol. The highest BCUT2D eigenvalue weighted by atomic mass is 19.2. The first-order chi connectivity index (χ1) is 7.08. The Bertz CT molecular complexity index is 406. The molecule has 1 aliphatic rings. The van der Waals surface area contributed by atoms with Crippen molar-refractivity contribution in [2.45, 2.75) is 25.3 Å². The van der Waals surface area contributed by atoms with E-state index in [0.717, 1.165) is 18.1 Å². The number of hydrogen-bond donors (Lipinski definition) is 1. The van der Waals surface area contributed by atoms with E-state index in [1.54, 1.807) is 6.07 Å². The number of carbonyl (C=O) groups excluding carboxylic acids is 1. The fraction of sp³-hybridized carbons (Fsp3) is 0.364. The second kappa shape index (κ2) is 3.61. The van der Waals surface area contributed by atoms with E-state index in [9.17, 15) is 13.6 Å². The Hall–Kier alpha value is -1.45. The number of halogens is 2. The molecule has 1 N–H and O–H groups in total. The van der Waals surface area contributed by atoms with Crippen molar-refractivity contribution in [3.8, 4) is 0 Å². The zero-order chi connectivity index (χ0) is 11.0. The summed E-state index contributed by atoms with van der Waals surface area (Å²) in [7, 11) is 0. The summed E-state index contributed by atoms with van der Waals surface area (Å²) in [5, 5.41) is 2.74. The second-order valence-corrected chi connectivity index (χ2v) is 3.82. The molecule has 1 aromatic rings. The Labute approximate surface area is 86.3 Å². The van der Waals surface area contributed by atoms with Gasteiger partial charge in [0.25, 0.3) is 0 Å². The number of rotatable bonds is 2. The van der Waals surface area contributed by atoms with Crippen molar-refractivity contribution in [2.75, 3.05) is 0 Å². The Morgan fingerprint density at radius 3 is 2.73 bits per heavy atom. The van der Waals surface area contributed by atoms with E-state index in [1.165, 1.54) is 13.0 Å². The third-order valence-electron chi connectivity index (χ3n) is 2.55. The van der Waals surface area contributed by atoms with Gasteiger partial charge < -0.3 is 5.32 Å². The molecule has 2 unspecified atom stereocenters. The van der Waals surface area contributed by atoms with E-state index in [4.69, 9.17) is 0 Å². The van der Waals surface area contributed by atoms with E-state index in [-0.39, 0.29) is 17.9 Å². The first-order valence-electron chi connectivity index (χ1n) is 4.80. The largest absolute Gasteiger partial charge is 0.353 e. The van der Waals surface area contributed by atoms with Crippen molar-refractivity contribution in [2.24, 2.45) is 0 Å². The van der Waals surface area contributed by atoms with E-state index < -0.39 is 11.6 Å². The summed E-state index contributed by atoms with van der Waals surface area (Å²) in [6.45, 7) is 1.45. The first kappa shape index (κ1) is 10.1. The van der Waals surface area contributed by atoms with Gasteiger partial charge in [0.05, 0.1) is 0 Å². The van der Waals surface area contributed by atoms with E-state index in [2.05, 4.69) is 5.32 Å². The SMILES string of the molecule is CC(=O)NC1CC1c1ccc(F)c(F)c1. The highest BCUT2D eigenvalue weighted by Crippen LogP contribution is 2.40. The lowest BCUT2D eigenvalue weighted by molar-refractivity contribution is -0.119. The molecule has 15 heavy (non-hydrogen) atoms. The third kappa shape index (κ3) is 2.14. The second-order valence-electron chi connectivity index (χ2n) is 3.82. The zero-order valence-corrected chi connectivity index (χ0v) is 8.26. The molecule has 0 heterocycles. The maximum Gasteiger partial charge on any atom is 0.217 e. The van der Waals surface area contributed by atoms with E-state index >= 15 is 0 Å². The maximum atomic E-state index is 12.9. The van der Waals surface area contributed by atoms with Crippen LogP contribution < -0.4 is 5.32 Å². The number of benzene rings is 1. The van der Waals surface area contributed by atoms with Gasteiger partial charge in [-0.1, -0.05) is 6.07 Å². The van der Waals surface area contributed by atoms with Crippen LogP contribution in [0.5, 0.6) is 0 Å². The Kier molecular flexibility index (Phi) is 2.42. The van der Waals surface area contributed by atoms with Crippen LogP contribution in [0, 0.1) is 11.6 Å². The molecule has 2 atom stereocenters. The smallest absolute Gasteiger partial charge is 0.217 e. The summed E-state index contributed by atoms with van der Waals surface area (Å²) in [6.07, 6.45) is 0.796. The molecule has 0 saturated heterocycles.